The van der Waals surface area contributed by atoms with Gasteiger partial charge in [0.2, 0.25) is 10.0 Å². The van der Waals surface area contributed by atoms with E-state index in [1.165, 1.54) is 12.1 Å². The smallest absolute Gasteiger partial charge is 0.240 e. The van der Waals surface area contributed by atoms with Gasteiger partial charge in [0.1, 0.15) is 5.75 Å². The lowest BCUT2D eigenvalue weighted by molar-refractivity contribution is 0.342. The van der Waals surface area contributed by atoms with Gasteiger partial charge in [0.25, 0.3) is 0 Å². The van der Waals surface area contributed by atoms with Crippen molar-refractivity contribution in [2.24, 2.45) is 0 Å². The van der Waals surface area contributed by atoms with Crippen molar-refractivity contribution in [1.82, 2.24) is 4.72 Å². The second-order valence-corrected chi connectivity index (χ2v) is 4.90. The molecule has 1 rings (SSSR count). The van der Waals surface area contributed by atoms with Crippen molar-refractivity contribution in [2.45, 2.75) is 18.7 Å². The maximum Gasteiger partial charge on any atom is 0.240 e. The number of hydrogen-bond acceptors (Lipinski definition) is 4. The van der Waals surface area contributed by atoms with Crippen LogP contribution in [0, 0.1) is 0 Å². The minimum absolute atomic E-state index is 0.148. The van der Waals surface area contributed by atoms with Crippen LogP contribution in [-0.2, 0) is 10.0 Å². The van der Waals surface area contributed by atoms with E-state index in [0.717, 1.165) is 0 Å². The van der Waals surface area contributed by atoms with Gasteiger partial charge in [-0.1, -0.05) is 6.92 Å². The Hall–Kier alpha value is -1.27. The lowest BCUT2D eigenvalue weighted by atomic mass is 10.3. The summed E-state index contributed by atoms with van der Waals surface area (Å²) in [5.74, 6) is 0.498. The van der Waals surface area contributed by atoms with Crippen LogP contribution < -0.4 is 15.2 Å². The normalized spacial score (nSPS) is 11.4. The van der Waals surface area contributed by atoms with Crippen LogP contribution >= 0.6 is 0 Å². The van der Waals surface area contributed by atoms with Crippen LogP contribution in [0.3, 0.4) is 0 Å². The number of ether oxygens (including phenoxy) is 1. The van der Waals surface area contributed by atoms with Crippen molar-refractivity contribution in [3.8, 4) is 5.75 Å². The summed E-state index contributed by atoms with van der Waals surface area (Å²) in [4.78, 5) is 0.148. The molecule has 0 aliphatic rings. The summed E-state index contributed by atoms with van der Waals surface area (Å²) in [5, 5.41) is 0. The highest BCUT2D eigenvalue weighted by molar-refractivity contribution is 7.89. The fraction of sp³-hybridized carbons (Fsp3) is 0.400. The van der Waals surface area contributed by atoms with Crippen LogP contribution in [-0.4, -0.2) is 21.6 Å². The van der Waals surface area contributed by atoms with Crippen molar-refractivity contribution >= 4 is 15.7 Å². The summed E-state index contributed by atoms with van der Waals surface area (Å²) >= 11 is 0. The zero-order chi connectivity index (χ0) is 12.2. The van der Waals surface area contributed by atoms with E-state index < -0.39 is 10.0 Å². The first-order chi connectivity index (χ1) is 7.51. The molecule has 16 heavy (non-hydrogen) atoms. The molecule has 0 amide bonds. The Morgan fingerprint density at radius 3 is 2.56 bits per heavy atom. The summed E-state index contributed by atoms with van der Waals surface area (Å²) in [5.41, 5.74) is 6.00. The van der Waals surface area contributed by atoms with Crippen molar-refractivity contribution in [3.63, 3.8) is 0 Å². The van der Waals surface area contributed by atoms with E-state index in [1.54, 1.807) is 13.0 Å². The third kappa shape index (κ3) is 2.86. The van der Waals surface area contributed by atoms with E-state index in [4.69, 9.17) is 10.5 Å². The summed E-state index contributed by atoms with van der Waals surface area (Å²) in [6.07, 6.45) is 0. The minimum Gasteiger partial charge on any atom is -0.492 e. The molecule has 0 saturated carbocycles. The number of rotatable bonds is 5. The molecule has 3 N–H and O–H groups in total. The quantitative estimate of drug-likeness (QED) is 0.756. The molecule has 0 spiro atoms. The third-order valence-electron chi connectivity index (χ3n) is 1.93. The second-order valence-electron chi connectivity index (χ2n) is 3.13. The maximum absolute atomic E-state index is 11.6. The lowest BCUT2D eigenvalue weighted by Crippen LogP contribution is -2.23. The van der Waals surface area contributed by atoms with Gasteiger partial charge in [-0.05, 0) is 25.1 Å². The van der Waals surface area contributed by atoms with Crippen molar-refractivity contribution in [3.05, 3.63) is 18.2 Å². The van der Waals surface area contributed by atoms with Gasteiger partial charge in [0.15, 0.2) is 0 Å². The first-order valence-electron chi connectivity index (χ1n) is 5.03. The number of anilines is 1. The van der Waals surface area contributed by atoms with Crippen LogP contribution in [0.2, 0.25) is 0 Å². The predicted octanol–water partition coefficient (Wildman–Crippen LogP) is 0.966. The van der Waals surface area contributed by atoms with Gasteiger partial charge in [-0.3, -0.25) is 0 Å². The molecule has 0 unspecified atom stereocenters. The average Bonchev–Trinajstić information content (AvgIpc) is 2.21. The Balaban J connectivity index is 3.06. The van der Waals surface area contributed by atoms with Crippen LogP contribution in [0.15, 0.2) is 23.1 Å². The number of benzene rings is 1. The van der Waals surface area contributed by atoms with Crippen molar-refractivity contribution in [2.75, 3.05) is 18.9 Å². The molecule has 0 aliphatic heterocycles. The standard InChI is InChI=1S/C10H16N2O3S/c1-3-12-16(13,14)8-5-6-10(15-4-2)9(11)7-8/h5-7,12H,3-4,11H2,1-2H3. The first-order valence-corrected chi connectivity index (χ1v) is 6.51. The number of nitrogens with two attached hydrogens (primary N) is 1. The van der Waals surface area contributed by atoms with Crippen LogP contribution in [0.5, 0.6) is 5.75 Å². The Labute approximate surface area is 95.7 Å². The van der Waals surface area contributed by atoms with E-state index in [-0.39, 0.29) is 4.90 Å². The van der Waals surface area contributed by atoms with E-state index in [1.807, 2.05) is 6.92 Å². The van der Waals surface area contributed by atoms with Crippen LogP contribution in [0.4, 0.5) is 5.69 Å². The van der Waals surface area contributed by atoms with E-state index in [9.17, 15) is 8.42 Å². The monoisotopic (exact) mass is 244 g/mol. The third-order valence-corrected chi connectivity index (χ3v) is 3.47. The molecule has 0 atom stereocenters. The van der Waals surface area contributed by atoms with Crippen molar-refractivity contribution in [1.29, 1.82) is 0 Å². The van der Waals surface area contributed by atoms with Gasteiger partial charge in [0, 0.05) is 6.54 Å². The van der Waals surface area contributed by atoms with Gasteiger partial charge in [0.05, 0.1) is 17.2 Å². The molecule has 90 valence electrons. The minimum atomic E-state index is -3.45. The Kier molecular flexibility index (Phi) is 4.14. The average molecular weight is 244 g/mol. The molecular weight excluding hydrogens is 228 g/mol. The highest BCUT2D eigenvalue weighted by Gasteiger charge is 2.14. The molecular formula is C10H16N2O3S. The highest BCUT2D eigenvalue weighted by atomic mass is 32.2. The van der Waals surface area contributed by atoms with Crippen molar-refractivity contribution < 1.29 is 13.2 Å². The highest BCUT2D eigenvalue weighted by Crippen LogP contribution is 2.24. The summed E-state index contributed by atoms with van der Waals surface area (Å²) in [6.45, 7) is 4.39. The number of hydrogen-bond donors (Lipinski definition) is 2. The zero-order valence-electron chi connectivity index (χ0n) is 9.36. The van der Waals surface area contributed by atoms with E-state index in [2.05, 4.69) is 4.72 Å². The summed E-state index contributed by atoms with van der Waals surface area (Å²) < 4.78 is 30.9. The van der Waals surface area contributed by atoms with Gasteiger partial charge in [-0.2, -0.15) is 0 Å². The molecule has 0 heterocycles. The number of nitrogen functional groups attached to an aromatic ring is 1. The zero-order valence-corrected chi connectivity index (χ0v) is 10.2. The second kappa shape index (κ2) is 5.18. The molecule has 0 aliphatic carbocycles. The van der Waals surface area contributed by atoms with Gasteiger partial charge < -0.3 is 10.5 Å². The van der Waals surface area contributed by atoms with Gasteiger partial charge in [-0.25, -0.2) is 13.1 Å². The summed E-state index contributed by atoms with van der Waals surface area (Å²) in [7, 11) is -3.45. The SMILES string of the molecule is CCNS(=O)(=O)c1ccc(OCC)c(N)c1. The van der Waals surface area contributed by atoms with Gasteiger partial charge in [-0.15, -0.1) is 0 Å². The Bertz CT molecular complexity index is 457. The number of nitrogens with one attached hydrogen (secondary N) is 1. The summed E-state index contributed by atoms with van der Waals surface area (Å²) in [6, 6.07) is 4.42. The molecule has 0 fully saturated rings. The first kappa shape index (κ1) is 12.8. The topological polar surface area (TPSA) is 81.4 Å². The van der Waals surface area contributed by atoms with Crippen LogP contribution in [0.1, 0.15) is 13.8 Å². The molecule has 6 heteroatoms. The molecule has 1 aromatic rings. The van der Waals surface area contributed by atoms with Gasteiger partial charge >= 0.3 is 0 Å². The fourth-order valence-electron chi connectivity index (χ4n) is 1.25. The van der Waals surface area contributed by atoms with E-state index in [0.29, 0.717) is 24.6 Å². The Morgan fingerprint density at radius 2 is 2.06 bits per heavy atom. The molecule has 0 aromatic heterocycles. The molecule has 1 aromatic carbocycles. The largest absolute Gasteiger partial charge is 0.492 e. The molecule has 0 bridgehead atoms. The fourth-order valence-corrected chi connectivity index (χ4v) is 2.33. The van der Waals surface area contributed by atoms with E-state index >= 15 is 0 Å². The maximum atomic E-state index is 11.6. The molecule has 0 saturated heterocycles. The predicted molar refractivity (Wildman–Crippen MR) is 62.9 cm³/mol. The van der Waals surface area contributed by atoms with Crippen LogP contribution in [0.25, 0.3) is 0 Å². The number of sulfonamides is 1. The Morgan fingerprint density at radius 1 is 1.38 bits per heavy atom. The molecule has 0 radical (unpaired) electrons. The lowest BCUT2D eigenvalue weighted by Gasteiger charge is -2.09. The molecule has 5 nitrogen and oxygen atoms in total.